The zero-order chi connectivity index (χ0) is 15.8. The van der Waals surface area contributed by atoms with Crippen LogP contribution in [0.2, 0.25) is 0 Å². The minimum Gasteiger partial charge on any atom is -0.481 e. The third kappa shape index (κ3) is 9.60. The zero-order valence-electron chi connectivity index (χ0n) is 12.3. The molecule has 0 radical (unpaired) electrons. The summed E-state index contributed by atoms with van der Waals surface area (Å²) in [5.74, 6) is -0.851. The lowest BCUT2D eigenvalue weighted by Gasteiger charge is -2.26. The van der Waals surface area contributed by atoms with Crippen molar-refractivity contribution in [1.82, 2.24) is 10.2 Å². The molecule has 0 aliphatic rings. The first-order valence-electron chi connectivity index (χ1n) is 6.57. The first kappa shape index (κ1) is 18.7. The van der Waals surface area contributed by atoms with E-state index in [1.54, 1.807) is 4.90 Å². The maximum Gasteiger partial charge on any atom is 0.317 e. The van der Waals surface area contributed by atoms with Crippen LogP contribution in [0.5, 0.6) is 0 Å². The standard InChI is InChI=1S/C12H24N2O5S/c1-10(2)14(8-4-6-11(15)16)12(17)13-7-5-9-20(3,18)19/h10H,4-9H2,1-3H3,(H,13,17)(H,15,16). The molecule has 0 aliphatic carbocycles. The van der Waals surface area contributed by atoms with Crippen LogP contribution in [0, 0.1) is 0 Å². The fourth-order valence-electron chi connectivity index (χ4n) is 1.63. The number of hydrogen-bond donors (Lipinski definition) is 2. The van der Waals surface area contributed by atoms with Crippen molar-refractivity contribution in [3.05, 3.63) is 0 Å². The number of amides is 2. The Bertz CT molecular complexity index is 420. The number of carboxylic acid groups (broad SMARTS) is 1. The van der Waals surface area contributed by atoms with Gasteiger partial charge in [0.1, 0.15) is 9.84 Å². The average molecular weight is 308 g/mol. The van der Waals surface area contributed by atoms with Crippen LogP contribution in [0.1, 0.15) is 33.1 Å². The highest BCUT2D eigenvalue weighted by atomic mass is 32.2. The lowest BCUT2D eigenvalue weighted by Crippen LogP contribution is -2.45. The summed E-state index contributed by atoms with van der Waals surface area (Å²) < 4.78 is 21.9. The van der Waals surface area contributed by atoms with E-state index in [9.17, 15) is 18.0 Å². The van der Waals surface area contributed by atoms with Crippen molar-refractivity contribution < 1.29 is 23.1 Å². The van der Waals surface area contributed by atoms with Gasteiger partial charge in [-0.15, -0.1) is 0 Å². The van der Waals surface area contributed by atoms with Gasteiger partial charge in [0.15, 0.2) is 0 Å². The maximum atomic E-state index is 11.9. The number of sulfone groups is 1. The number of hydrogen-bond acceptors (Lipinski definition) is 4. The zero-order valence-corrected chi connectivity index (χ0v) is 13.1. The second-order valence-corrected chi connectivity index (χ2v) is 7.26. The molecular weight excluding hydrogens is 284 g/mol. The lowest BCUT2D eigenvalue weighted by molar-refractivity contribution is -0.137. The van der Waals surface area contributed by atoms with Crippen LogP contribution >= 0.6 is 0 Å². The summed E-state index contributed by atoms with van der Waals surface area (Å²) in [6.07, 6.45) is 1.93. The second-order valence-electron chi connectivity index (χ2n) is 5.00. The number of carbonyl (C=O) groups excluding carboxylic acids is 1. The highest BCUT2D eigenvalue weighted by Gasteiger charge is 2.16. The van der Waals surface area contributed by atoms with E-state index in [-0.39, 0.29) is 30.8 Å². The summed E-state index contributed by atoms with van der Waals surface area (Å²) in [6, 6.07) is -0.336. The quantitative estimate of drug-likeness (QED) is 0.610. The van der Waals surface area contributed by atoms with Crippen LogP contribution in [-0.2, 0) is 14.6 Å². The lowest BCUT2D eigenvalue weighted by atomic mass is 10.2. The van der Waals surface area contributed by atoms with Gasteiger partial charge in [-0.25, -0.2) is 13.2 Å². The van der Waals surface area contributed by atoms with Gasteiger partial charge in [-0.1, -0.05) is 0 Å². The van der Waals surface area contributed by atoms with Crippen molar-refractivity contribution in [2.24, 2.45) is 0 Å². The summed E-state index contributed by atoms with van der Waals surface area (Å²) in [6.45, 7) is 4.34. The van der Waals surface area contributed by atoms with Gasteiger partial charge < -0.3 is 15.3 Å². The highest BCUT2D eigenvalue weighted by molar-refractivity contribution is 7.90. The van der Waals surface area contributed by atoms with E-state index in [0.717, 1.165) is 6.26 Å². The molecule has 0 saturated heterocycles. The summed E-state index contributed by atoms with van der Waals surface area (Å²) >= 11 is 0. The predicted molar refractivity (Wildman–Crippen MR) is 76.4 cm³/mol. The number of nitrogens with zero attached hydrogens (tertiary/aromatic N) is 1. The van der Waals surface area contributed by atoms with Crippen molar-refractivity contribution >= 4 is 21.8 Å². The molecule has 0 saturated carbocycles. The van der Waals surface area contributed by atoms with E-state index in [4.69, 9.17) is 5.11 Å². The Morgan fingerprint density at radius 3 is 2.30 bits per heavy atom. The number of aliphatic carboxylic acids is 1. The summed E-state index contributed by atoms with van der Waals surface area (Å²) in [7, 11) is -3.01. The van der Waals surface area contributed by atoms with Crippen LogP contribution < -0.4 is 5.32 Å². The normalized spacial score (nSPS) is 11.4. The van der Waals surface area contributed by atoms with Gasteiger partial charge in [-0.3, -0.25) is 4.79 Å². The molecule has 0 unspecified atom stereocenters. The first-order valence-corrected chi connectivity index (χ1v) is 8.63. The van der Waals surface area contributed by atoms with E-state index < -0.39 is 15.8 Å². The van der Waals surface area contributed by atoms with E-state index in [1.807, 2.05) is 13.8 Å². The Morgan fingerprint density at radius 2 is 1.85 bits per heavy atom. The van der Waals surface area contributed by atoms with Gasteiger partial charge >= 0.3 is 12.0 Å². The Labute approximate surface area is 120 Å². The van der Waals surface area contributed by atoms with Crippen molar-refractivity contribution in [1.29, 1.82) is 0 Å². The number of carbonyl (C=O) groups is 2. The molecule has 0 bridgehead atoms. The third-order valence-electron chi connectivity index (χ3n) is 2.64. The maximum absolute atomic E-state index is 11.9. The number of rotatable bonds is 9. The van der Waals surface area contributed by atoms with Gasteiger partial charge in [0.25, 0.3) is 0 Å². The topological polar surface area (TPSA) is 104 Å². The Balaban J connectivity index is 4.13. The molecule has 7 nitrogen and oxygen atoms in total. The molecule has 8 heteroatoms. The summed E-state index contributed by atoms with van der Waals surface area (Å²) in [5, 5.41) is 11.2. The van der Waals surface area contributed by atoms with Crippen LogP contribution in [0.25, 0.3) is 0 Å². The number of urea groups is 1. The third-order valence-corrected chi connectivity index (χ3v) is 3.67. The van der Waals surface area contributed by atoms with Crippen LogP contribution in [0.3, 0.4) is 0 Å². The highest BCUT2D eigenvalue weighted by Crippen LogP contribution is 2.02. The Morgan fingerprint density at radius 1 is 1.25 bits per heavy atom. The minimum absolute atomic E-state index is 0.0184. The SMILES string of the molecule is CC(C)N(CCCC(=O)O)C(=O)NCCCS(C)(=O)=O. The molecule has 0 rings (SSSR count). The minimum atomic E-state index is -3.01. The van der Waals surface area contributed by atoms with Crippen molar-refractivity contribution in [3.63, 3.8) is 0 Å². The van der Waals surface area contributed by atoms with Gasteiger partial charge in [-0.2, -0.15) is 0 Å². The molecule has 0 spiro atoms. The smallest absolute Gasteiger partial charge is 0.317 e. The molecule has 0 aromatic heterocycles. The Hall–Kier alpha value is -1.31. The molecule has 2 N–H and O–H groups in total. The fraction of sp³-hybridized carbons (Fsp3) is 0.833. The van der Waals surface area contributed by atoms with E-state index in [2.05, 4.69) is 5.32 Å². The second kappa shape index (κ2) is 8.78. The molecule has 2 amide bonds. The molecular formula is C12H24N2O5S. The van der Waals surface area contributed by atoms with Crippen LogP contribution in [0.4, 0.5) is 4.79 Å². The molecule has 0 fully saturated rings. The first-order chi connectivity index (χ1) is 9.13. The summed E-state index contributed by atoms with van der Waals surface area (Å²) in [4.78, 5) is 23.9. The molecule has 0 atom stereocenters. The number of carboxylic acids is 1. The van der Waals surface area contributed by atoms with Gasteiger partial charge in [0, 0.05) is 31.8 Å². The van der Waals surface area contributed by atoms with E-state index >= 15 is 0 Å². The van der Waals surface area contributed by atoms with Crippen molar-refractivity contribution in [2.45, 2.75) is 39.2 Å². The summed E-state index contributed by atoms with van der Waals surface area (Å²) in [5.41, 5.74) is 0. The van der Waals surface area contributed by atoms with Crippen LogP contribution in [0.15, 0.2) is 0 Å². The predicted octanol–water partition coefficient (Wildman–Crippen LogP) is 0.706. The molecule has 20 heavy (non-hydrogen) atoms. The largest absolute Gasteiger partial charge is 0.481 e. The van der Waals surface area contributed by atoms with E-state index in [1.165, 1.54) is 0 Å². The molecule has 0 aliphatic heterocycles. The van der Waals surface area contributed by atoms with Crippen molar-refractivity contribution in [2.75, 3.05) is 25.1 Å². The average Bonchev–Trinajstić information content (AvgIpc) is 2.28. The Kier molecular flexibility index (Phi) is 8.21. The van der Waals surface area contributed by atoms with E-state index in [0.29, 0.717) is 19.4 Å². The van der Waals surface area contributed by atoms with Gasteiger partial charge in [-0.05, 0) is 26.7 Å². The molecule has 0 aromatic carbocycles. The van der Waals surface area contributed by atoms with Gasteiger partial charge in [0.05, 0.1) is 5.75 Å². The molecule has 118 valence electrons. The fourth-order valence-corrected chi connectivity index (χ4v) is 2.29. The number of nitrogens with one attached hydrogen (secondary N) is 1. The molecule has 0 heterocycles. The van der Waals surface area contributed by atoms with Crippen LogP contribution in [-0.4, -0.2) is 61.6 Å². The molecule has 0 aromatic rings. The van der Waals surface area contributed by atoms with Crippen molar-refractivity contribution in [3.8, 4) is 0 Å². The van der Waals surface area contributed by atoms with Gasteiger partial charge in [0.2, 0.25) is 0 Å². The monoisotopic (exact) mass is 308 g/mol.